The second kappa shape index (κ2) is 6.68. The summed E-state index contributed by atoms with van der Waals surface area (Å²) in [7, 11) is -2.42. The van der Waals surface area contributed by atoms with Gasteiger partial charge < -0.3 is 4.74 Å². The van der Waals surface area contributed by atoms with Crippen LogP contribution in [0.5, 0.6) is 0 Å². The normalized spacial score (nSPS) is 11.6. The second-order valence-electron chi connectivity index (χ2n) is 4.18. The predicted molar refractivity (Wildman–Crippen MR) is 72.2 cm³/mol. The number of methoxy groups -OCH3 is 1. The minimum atomic E-state index is -3.67. The van der Waals surface area contributed by atoms with Gasteiger partial charge in [-0.2, -0.15) is 4.31 Å². The number of benzene rings is 1. The van der Waals surface area contributed by atoms with Crippen molar-refractivity contribution in [1.29, 1.82) is 0 Å². The van der Waals surface area contributed by atoms with Crippen LogP contribution in [0.25, 0.3) is 0 Å². The fourth-order valence-electron chi connectivity index (χ4n) is 1.73. The van der Waals surface area contributed by atoms with Gasteiger partial charge in [0.15, 0.2) is 0 Å². The first kappa shape index (κ1) is 15.7. The Hall–Kier alpha value is -1.40. The van der Waals surface area contributed by atoms with Crippen molar-refractivity contribution in [3.05, 3.63) is 29.8 Å². The summed E-state index contributed by atoms with van der Waals surface area (Å²) in [6.07, 6.45) is 0.627. The van der Waals surface area contributed by atoms with Crippen LogP contribution in [0.15, 0.2) is 29.2 Å². The smallest absolute Gasteiger partial charge is 0.321 e. The summed E-state index contributed by atoms with van der Waals surface area (Å²) in [6.45, 7) is 3.61. The fraction of sp³-hybridized carbons (Fsp3) is 0.462. The van der Waals surface area contributed by atoms with Gasteiger partial charge in [-0.1, -0.05) is 25.1 Å². The molecule has 0 heterocycles. The highest BCUT2D eigenvalue weighted by Crippen LogP contribution is 2.19. The molecule has 19 heavy (non-hydrogen) atoms. The Kier molecular flexibility index (Phi) is 5.50. The van der Waals surface area contributed by atoms with Crippen molar-refractivity contribution in [2.45, 2.75) is 25.2 Å². The molecular weight excluding hydrogens is 266 g/mol. The molecule has 0 aliphatic heterocycles. The number of carbonyl (C=O) groups excluding carboxylic acids is 1. The van der Waals surface area contributed by atoms with Gasteiger partial charge in [0.05, 0.1) is 12.0 Å². The highest BCUT2D eigenvalue weighted by molar-refractivity contribution is 7.89. The molecule has 0 aliphatic rings. The third kappa shape index (κ3) is 3.78. The van der Waals surface area contributed by atoms with Crippen LogP contribution in [-0.2, 0) is 19.6 Å². The number of nitrogens with zero attached hydrogens (tertiary/aromatic N) is 1. The molecule has 0 fully saturated rings. The monoisotopic (exact) mass is 285 g/mol. The molecule has 0 unspecified atom stereocenters. The maximum atomic E-state index is 12.5. The number of aryl methyl sites for hydroxylation is 1. The average Bonchev–Trinajstić information content (AvgIpc) is 2.38. The molecular formula is C13H19NO4S. The minimum Gasteiger partial charge on any atom is -0.468 e. The van der Waals surface area contributed by atoms with Crippen molar-refractivity contribution in [1.82, 2.24) is 4.31 Å². The minimum absolute atomic E-state index is 0.229. The van der Waals surface area contributed by atoms with Crippen molar-refractivity contribution in [3.63, 3.8) is 0 Å². The molecule has 0 spiro atoms. The number of ether oxygens (including phenoxy) is 1. The SMILES string of the molecule is CCCN(CC(=O)OC)S(=O)(=O)c1ccccc1C. The van der Waals surface area contributed by atoms with Crippen molar-refractivity contribution in [2.75, 3.05) is 20.2 Å². The molecule has 6 heteroatoms. The van der Waals surface area contributed by atoms with Gasteiger partial charge in [0.25, 0.3) is 0 Å². The van der Waals surface area contributed by atoms with E-state index in [1.54, 1.807) is 31.2 Å². The van der Waals surface area contributed by atoms with Gasteiger partial charge in [-0.25, -0.2) is 8.42 Å². The van der Waals surface area contributed by atoms with Crippen LogP contribution in [0.1, 0.15) is 18.9 Å². The molecule has 0 N–H and O–H groups in total. The average molecular weight is 285 g/mol. The van der Waals surface area contributed by atoms with Crippen LogP contribution >= 0.6 is 0 Å². The Morgan fingerprint density at radius 1 is 1.32 bits per heavy atom. The number of sulfonamides is 1. The third-order valence-corrected chi connectivity index (χ3v) is 4.72. The summed E-state index contributed by atoms with van der Waals surface area (Å²) in [6, 6.07) is 6.72. The summed E-state index contributed by atoms with van der Waals surface area (Å²) in [5.74, 6) is -0.564. The van der Waals surface area contributed by atoms with E-state index < -0.39 is 16.0 Å². The summed E-state index contributed by atoms with van der Waals surface area (Å²) >= 11 is 0. The van der Waals surface area contributed by atoms with Gasteiger partial charge in [0, 0.05) is 6.54 Å². The molecule has 0 radical (unpaired) electrons. The maximum Gasteiger partial charge on any atom is 0.321 e. The van der Waals surface area contributed by atoms with Crippen LogP contribution in [0.4, 0.5) is 0 Å². The largest absolute Gasteiger partial charge is 0.468 e. The zero-order chi connectivity index (χ0) is 14.5. The Morgan fingerprint density at radius 3 is 2.47 bits per heavy atom. The van der Waals surface area contributed by atoms with E-state index in [1.807, 2.05) is 6.92 Å². The molecule has 5 nitrogen and oxygen atoms in total. The van der Waals surface area contributed by atoms with E-state index in [9.17, 15) is 13.2 Å². The van der Waals surface area contributed by atoms with Gasteiger partial charge >= 0.3 is 5.97 Å². The lowest BCUT2D eigenvalue weighted by molar-refractivity contribution is -0.140. The zero-order valence-electron chi connectivity index (χ0n) is 11.4. The highest BCUT2D eigenvalue weighted by Gasteiger charge is 2.27. The van der Waals surface area contributed by atoms with Gasteiger partial charge in [-0.3, -0.25) is 4.79 Å². The van der Waals surface area contributed by atoms with E-state index in [1.165, 1.54) is 7.11 Å². The second-order valence-corrected chi connectivity index (χ2v) is 6.09. The number of hydrogen-bond acceptors (Lipinski definition) is 4. The van der Waals surface area contributed by atoms with Crippen molar-refractivity contribution in [3.8, 4) is 0 Å². The molecule has 0 aliphatic carbocycles. The van der Waals surface area contributed by atoms with E-state index in [0.717, 1.165) is 4.31 Å². The van der Waals surface area contributed by atoms with E-state index in [2.05, 4.69) is 4.74 Å². The van der Waals surface area contributed by atoms with Crippen LogP contribution < -0.4 is 0 Å². The topological polar surface area (TPSA) is 63.7 Å². The Balaban J connectivity index is 3.13. The van der Waals surface area contributed by atoms with Crippen LogP contribution in [0, 0.1) is 6.92 Å². The predicted octanol–water partition coefficient (Wildman–Crippen LogP) is 1.57. The molecule has 0 saturated carbocycles. The first-order valence-electron chi connectivity index (χ1n) is 6.06. The zero-order valence-corrected chi connectivity index (χ0v) is 12.2. The number of rotatable bonds is 6. The highest BCUT2D eigenvalue weighted by atomic mass is 32.2. The van der Waals surface area contributed by atoms with Gasteiger partial charge in [-0.05, 0) is 25.0 Å². The van der Waals surface area contributed by atoms with Gasteiger partial charge in [0.1, 0.15) is 6.54 Å². The number of hydrogen-bond donors (Lipinski definition) is 0. The lowest BCUT2D eigenvalue weighted by Gasteiger charge is -2.21. The summed E-state index contributed by atoms with van der Waals surface area (Å²) in [4.78, 5) is 11.6. The Morgan fingerprint density at radius 2 is 1.95 bits per heavy atom. The standard InChI is InChI=1S/C13H19NO4S/c1-4-9-14(10-13(15)18-3)19(16,17)12-8-6-5-7-11(12)2/h5-8H,4,9-10H2,1-3H3. The fourth-order valence-corrected chi connectivity index (χ4v) is 3.43. The summed E-state index contributed by atoms with van der Waals surface area (Å²) in [5, 5.41) is 0. The molecule has 1 aromatic rings. The van der Waals surface area contributed by atoms with Crippen molar-refractivity contribution in [2.24, 2.45) is 0 Å². The molecule has 0 bridgehead atoms. The molecule has 1 aromatic carbocycles. The van der Waals surface area contributed by atoms with E-state index in [-0.39, 0.29) is 18.0 Å². The molecule has 0 saturated heterocycles. The maximum absolute atomic E-state index is 12.5. The number of esters is 1. The van der Waals surface area contributed by atoms with Crippen LogP contribution in [0.3, 0.4) is 0 Å². The summed E-state index contributed by atoms with van der Waals surface area (Å²) in [5.41, 5.74) is 0.661. The van der Waals surface area contributed by atoms with E-state index >= 15 is 0 Å². The molecule has 1 rings (SSSR count). The van der Waals surface area contributed by atoms with Gasteiger partial charge in [-0.15, -0.1) is 0 Å². The molecule has 0 aromatic heterocycles. The van der Waals surface area contributed by atoms with Crippen LogP contribution in [-0.4, -0.2) is 38.9 Å². The van der Waals surface area contributed by atoms with E-state index in [4.69, 9.17) is 0 Å². The van der Waals surface area contributed by atoms with E-state index in [0.29, 0.717) is 12.0 Å². The van der Waals surface area contributed by atoms with Crippen LogP contribution in [0.2, 0.25) is 0 Å². The summed E-state index contributed by atoms with van der Waals surface area (Å²) < 4.78 is 30.7. The lowest BCUT2D eigenvalue weighted by Crippen LogP contribution is -2.37. The third-order valence-electron chi connectivity index (χ3n) is 2.72. The lowest BCUT2D eigenvalue weighted by atomic mass is 10.2. The first-order valence-corrected chi connectivity index (χ1v) is 7.50. The van der Waals surface area contributed by atoms with Crippen molar-refractivity contribution >= 4 is 16.0 Å². The molecule has 106 valence electrons. The molecule has 0 amide bonds. The quantitative estimate of drug-likeness (QED) is 0.744. The Bertz CT molecular complexity index is 539. The molecule has 0 atom stereocenters. The van der Waals surface area contributed by atoms with Gasteiger partial charge in [0.2, 0.25) is 10.0 Å². The number of carbonyl (C=O) groups is 1. The van der Waals surface area contributed by atoms with Crippen molar-refractivity contribution < 1.29 is 17.9 Å². The Labute approximate surface area is 114 Å². The first-order chi connectivity index (χ1) is 8.93.